The van der Waals surface area contributed by atoms with Crippen molar-refractivity contribution in [3.05, 3.63) is 52.0 Å². The van der Waals surface area contributed by atoms with Crippen LogP contribution in [-0.2, 0) is 16.0 Å². The molecule has 0 bridgehead atoms. The molecule has 0 aromatic carbocycles. The molecule has 28 heavy (non-hydrogen) atoms. The van der Waals surface area contributed by atoms with E-state index in [4.69, 9.17) is 4.74 Å². The minimum atomic E-state index is -0.624. The average molecular weight is 400 g/mol. The van der Waals surface area contributed by atoms with Gasteiger partial charge in [0.05, 0.1) is 23.5 Å². The van der Waals surface area contributed by atoms with Crippen molar-refractivity contribution in [1.29, 1.82) is 0 Å². The Morgan fingerprint density at radius 2 is 2.21 bits per heavy atom. The SMILES string of the molecule is Cc1ccc(C(=O)N2C[C@@H]3COC[C@]3(C(=O)N(C)CCc3ccccn3)C2)s1. The summed E-state index contributed by atoms with van der Waals surface area (Å²) in [6, 6.07) is 9.65. The minimum Gasteiger partial charge on any atom is -0.380 e. The Balaban J connectivity index is 1.45. The largest absolute Gasteiger partial charge is 0.380 e. The summed E-state index contributed by atoms with van der Waals surface area (Å²) in [4.78, 5) is 36.1. The Bertz CT molecular complexity index is 869. The van der Waals surface area contributed by atoms with Crippen molar-refractivity contribution in [2.75, 3.05) is 39.9 Å². The van der Waals surface area contributed by atoms with E-state index in [9.17, 15) is 9.59 Å². The van der Waals surface area contributed by atoms with Gasteiger partial charge in [0.25, 0.3) is 5.91 Å². The third kappa shape index (κ3) is 3.44. The molecule has 2 amide bonds. The van der Waals surface area contributed by atoms with E-state index in [-0.39, 0.29) is 17.7 Å². The number of ether oxygens (including phenoxy) is 1. The molecule has 2 aromatic heterocycles. The number of amides is 2. The number of rotatable bonds is 5. The summed E-state index contributed by atoms with van der Waals surface area (Å²) in [6.45, 7) is 4.53. The molecule has 0 aliphatic carbocycles. The zero-order valence-electron chi connectivity index (χ0n) is 16.3. The number of hydrogen-bond donors (Lipinski definition) is 0. The van der Waals surface area contributed by atoms with Gasteiger partial charge >= 0.3 is 0 Å². The van der Waals surface area contributed by atoms with Gasteiger partial charge in [0.15, 0.2) is 0 Å². The molecule has 0 saturated carbocycles. The van der Waals surface area contributed by atoms with Crippen molar-refractivity contribution in [3.8, 4) is 0 Å². The van der Waals surface area contributed by atoms with Gasteiger partial charge in [0.1, 0.15) is 0 Å². The van der Waals surface area contributed by atoms with E-state index in [1.807, 2.05) is 49.2 Å². The van der Waals surface area contributed by atoms with E-state index >= 15 is 0 Å². The number of thiophene rings is 1. The molecular weight excluding hydrogens is 374 g/mol. The van der Waals surface area contributed by atoms with Crippen molar-refractivity contribution in [2.45, 2.75) is 13.3 Å². The summed E-state index contributed by atoms with van der Waals surface area (Å²) in [5.74, 6) is 0.154. The molecule has 2 saturated heterocycles. The third-order valence-electron chi connectivity index (χ3n) is 5.81. The standard InChI is InChI=1S/C21H25N3O3S/c1-15-6-7-18(28-15)19(25)24-11-16-12-27-14-21(16,13-24)20(26)23(2)10-8-17-5-3-4-9-22-17/h3-7,9,16H,8,10-14H2,1-2H3/t16-,21-/m1/s1. The van der Waals surface area contributed by atoms with Crippen LogP contribution in [0.25, 0.3) is 0 Å². The number of likely N-dealkylation sites (N-methyl/N-ethyl adjacent to an activating group) is 1. The van der Waals surface area contributed by atoms with Crippen LogP contribution in [0.5, 0.6) is 0 Å². The highest BCUT2D eigenvalue weighted by Gasteiger charge is 2.57. The van der Waals surface area contributed by atoms with Crippen LogP contribution in [0.4, 0.5) is 0 Å². The highest BCUT2D eigenvalue weighted by atomic mass is 32.1. The number of fused-ring (bicyclic) bond motifs is 1. The molecule has 2 aliphatic heterocycles. The van der Waals surface area contributed by atoms with Crippen molar-refractivity contribution >= 4 is 23.2 Å². The zero-order chi connectivity index (χ0) is 19.7. The Morgan fingerprint density at radius 1 is 1.36 bits per heavy atom. The molecule has 0 radical (unpaired) electrons. The lowest BCUT2D eigenvalue weighted by Gasteiger charge is -2.31. The predicted molar refractivity (Wildman–Crippen MR) is 107 cm³/mol. The van der Waals surface area contributed by atoms with Gasteiger partial charge in [0.2, 0.25) is 5.91 Å². The number of likely N-dealkylation sites (tertiary alicyclic amines) is 1. The number of aryl methyl sites for hydroxylation is 1. The monoisotopic (exact) mass is 399 g/mol. The Hall–Kier alpha value is -2.25. The molecule has 4 rings (SSSR count). The molecule has 4 heterocycles. The molecular formula is C21H25N3O3S. The predicted octanol–water partition coefficient (Wildman–Crippen LogP) is 2.24. The molecule has 6 nitrogen and oxygen atoms in total. The van der Waals surface area contributed by atoms with Gasteiger partial charge in [-0.15, -0.1) is 11.3 Å². The maximum Gasteiger partial charge on any atom is 0.263 e. The second kappa shape index (κ2) is 7.64. The van der Waals surface area contributed by atoms with Crippen LogP contribution in [0.3, 0.4) is 0 Å². The van der Waals surface area contributed by atoms with Gasteiger partial charge in [-0.25, -0.2) is 0 Å². The van der Waals surface area contributed by atoms with Crippen LogP contribution in [0, 0.1) is 18.3 Å². The first-order valence-electron chi connectivity index (χ1n) is 9.58. The first-order valence-corrected chi connectivity index (χ1v) is 10.4. The van der Waals surface area contributed by atoms with Crippen LogP contribution >= 0.6 is 11.3 Å². The maximum absolute atomic E-state index is 13.4. The smallest absolute Gasteiger partial charge is 0.263 e. The van der Waals surface area contributed by atoms with Gasteiger partial charge in [0, 0.05) is 55.8 Å². The molecule has 0 spiro atoms. The Kier molecular flexibility index (Phi) is 5.21. The van der Waals surface area contributed by atoms with Crippen molar-refractivity contribution in [3.63, 3.8) is 0 Å². The Labute approximate surface area is 169 Å². The number of aromatic nitrogens is 1. The lowest BCUT2D eigenvalue weighted by atomic mass is 9.79. The van der Waals surface area contributed by atoms with Crippen LogP contribution < -0.4 is 0 Å². The topological polar surface area (TPSA) is 62.7 Å². The summed E-state index contributed by atoms with van der Waals surface area (Å²) in [6.07, 6.45) is 2.48. The van der Waals surface area contributed by atoms with E-state index in [1.165, 1.54) is 11.3 Å². The summed E-state index contributed by atoms with van der Waals surface area (Å²) < 4.78 is 5.69. The maximum atomic E-state index is 13.4. The molecule has 2 fully saturated rings. The summed E-state index contributed by atoms with van der Waals surface area (Å²) in [7, 11) is 1.84. The van der Waals surface area contributed by atoms with Gasteiger partial charge < -0.3 is 14.5 Å². The average Bonchev–Trinajstić information content (AvgIpc) is 3.40. The fourth-order valence-electron chi connectivity index (χ4n) is 4.21. The van der Waals surface area contributed by atoms with Crippen LogP contribution in [-0.4, -0.2) is 66.5 Å². The molecule has 2 aliphatic rings. The number of hydrogen-bond acceptors (Lipinski definition) is 5. The number of carbonyl (C=O) groups is 2. The highest BCUT2D eigenvalue weighted by Crippen LogP contribution is 2.43. The van der Waals surface area contributed by atoms with Gasteiger partial charge in [-0.3, -0.25) is 14.6 Å². The molecule has 0 N–H and O–H groups in total. The molecule has 2 atom stereocenters. The summed E-state index contributed by atoms with van der Waals surface area (Å²) in [5, 5.41) is 0. The highest BCUT2D eigenvalue weighted by molar-refractivity contribution is 7.13. The van der Waals surface area contributed by atoms with Crippen LogP contribution in [0.15, 0.2) is 36.5 Å². The lowest BCUT2D eigenvalue weighted by Crippen LogP contribution is -2.48. The van der Waals surface area contributed by atoms with E-state index in [0.29, 0.717) is 39.3 Å². The Morgan fingerprint density at radius 3 is 2.93 bits per heavy atom. The van der Waals surface area contributed by atoms with Crippen molar-refractivity contribution < 1.29 is 14.3 Å². The molecule has 7 heteroatoms. The summed E-state index contributed by atoms with van der Waals surface area (Å²) in [5.41, 5.74) is 0.344. The molecule has 148 valence electrons. The van der Waals surface area contributed by atoms with Gasteiger partial charge in [-0.05, 0) is 31.2 Å². The normalized spacial score (nSPS) is 23.6. The lowest BCUT2D eigenvalue weighted by molar-refractivity contribution is -0.141. The van der Waals surface area contributed by atoms with Crippen molar-refractivity contribution in [2.24, 2.45) is 11.3 Å². The van der Waals surface area contributed by atoms with Gasteiger partial charge in [-0.1, -0.05) is 6.07 Å². The van der Waals surface area contributed by atoms with Crippen LogP contribution in [0.1, 0.15) is 20.2 Å². The molecule has 0 unspecified atom stereocenters. The zero-order valence-corrected chi connectivity index (χ0v) is 17.1. The second-order valence-corrected chi connectivity index (χ2v) is 9.05. The second-order valence-electron chi connectivity index (χ2n) is 7.76. The van der Waals surface area contributed by atoms with E-state index in [1.54, 1.807) is 11.1 Å². The fraction of sp³-hybridized carbons (Fsp3) is 0.476. The van der Waals surface area contributed by atoms with E-state index < -0.39 is 5.41 Å². The van der Waals surface area contributed by atoms with E-state index in [2.05, 4.69) is 4.98 Å². The number of carbonyl (C=O) groups excluding carboxylic acids is 2. The van der Waals surface area contributed by atoms with Crippen molar-refractivity contribution in [1.82, 2.24) is 14.8 Å². The summed E-state index contributed by atoms with van der Waals surface area (Å²) >= 11 is 1.51. The third-order valence-corrected chi connectivity index (χ3v) is 6.80. The quantitative estimate of drug-likeness (QED) is 0.774. The molecule has 2 aromatic rings. The number of nitrogens with zero attached hydrogens (tertiary/aromatic N) is 3. The first kappa shape index (κ1) is 19.1. The van der Waals surface area contributed by atoms with Crippen LogP contribution in [0.2, 0.25) is 0 Å². The van der Waals surface area contributed by atoms with E-state index in [0.717, 1.165) is 15.4 Å². The first-order chi connectivity index (χ1) is 13.5. The minimum absolute atomic E-state index is 0.0239. The number of pyridine rings is 1. The fourth-order valence-corrected chi connectivity index (χ4v) is 5.04. The van der Waals surface area contributed by atoms with Gasteiger partial charge in [-0.2, -0.15) is 0 Å².